The summed E-state index contributed by atoms with van der Waals surface area (Å²) in [6.45, 7) is 0.392. The molecule has 0 heterocycles. The van der Waals surface area contributed by atoms with Crippen LogP contribution in [0.25, 0.3) is 0 Å². The van der Waals surface area contributed by atoms with Gasteiger partial charge in [-0.2, -0.15) is 0 Å². The van der Waals surface area contributed by atoms with E-state index in [1.54, 1.807) is 19.0 Å². The average molecular weight is 257 g/mol. The highest BCUT2D eigenvalue weighted by Crippen LogP contribution is 2.42. The molecule has 1 aliphatic carbocycles. The van der Waals surface area contributed by atoms with Gasteiger partial charge in [-0.15, -0.1) is 0 Å². The topological polar surface area (TPSA) is 75.4 Å². The number of carbonyl (C=O) groups is 2. The van der Waals surface area contributed by atoms with E-state index in [1.807, 2.05) is 0 Å². The van der Waals surface area contributed by atoms with Gasteiger partial charge in [0.15, 0.2) is 0 Å². The first-order valence-electron chi connectivity index (χ1n) is 5.70. The Balaban J connectivity index is 2.57. The molecule has 2 amide bonds. The van der Waals surface area contributed by atoms with E-state index in [9.17, 15) is 9.59 Å². The molecule has 96 valence electrons. The van der Waals surface area contributed by atoms with Gasteiger partial charge in [-0.1, -0.05) is 18.6 Å². The maximum absolute atomic E-state index is 12.2. The van der Waals surface area contributed by atoms with E-state index >= 15 is 0 Å². The number of hydrogen-bond acceptors (Lipinski definition) is 3. The first-order valence-corrected chi connectivity index (χ1v) is 6.11. The Morgan fingerprint density at radius 2 is 2.06 bits per heavy atom. The minimum atomic E-state index is -0.646. The van der Waals surface area contributed by atoms with Crippen molar-refractivity contribution in [3.05, 3.63) is 0 Å². The van der Waals surface area contributed by atoms with Gasteiger partial charge in [0, 0.05) is 27.1 Å². The molecule has 1 rings (SSSR count). The summed E-state index contributed by atoms with van der Waals surface area (Å²) in [4.78, 5) is 25.2. The van der Waals surface area contributed by atoms with Crippen molar-refractivity contribution in [3.8, 4) is 0 Å². The van der Waals surface area contributed by atoms with Crippen molar-refractivity contribution in [3.63, 3.8) is 0 Å². The Kier molecular flexibility index (Phi) is 4.45. The van der Waals surface area contributed by atoms with E-state index in [1.165, 1.54) is 0 Å². The van der Waals surface area contributed by atoms with Gasteiger partial charge in [0.25, 0.3) is 0 Å². The number of hydrogen-bond donors (Lipinski definition) is 2. The van der Waals surface area contributed by atoms with E-state index in [4.69, 9.17) is 18.0 Å². The molecule has 1 aliphatic rings. The molecule has 0 radical (unpaired) electrons. The molecule has 1 saturated carbocycles. The molecule has 5 nitrogen and oxygen atoms in total. The first-order chi connectivity index (χ1) is 7.94. The molecule has 0 saturated heterocycles. The van der Waals surface area contributed by atoms with Crippen LogP contribution in [0, 0.1) is 5.41 Å². The molecule has 1 fully saturated rings. The SMILES string of the molecule is CNC(=O)CCN(C)C(=O)C1(C(N)=S)CCC1. The molecule has 0 spiro atoms. The summed E-state index contributed by atoms with van der Waals surface area (Å²) >= 11 is 4.99. The van der Waals surface area contributed by atoms with Crippen molar-refractivity contribution in [2.24, 2.45) is 11.1 Å². The molecular weight excluding hydrogens is 238 g/mol. The molecule has 0 aromatic carbocycles. The van der Waals surface area contributed by atoms with Crippen molar-refractivity contribution < 1.29 is 9.59 Å². The summed E-state index contributed by atoms with van der Waals surface area (Å²) in [6.07, 6.45) is 2.73. The van der Waals surface area contributed by atoms with Gasteiger partial charge < -0.3 is 16.0 Å². The van der Waals surface area contributed by atoms with Crippen molar-refractivity contribution in [1.29, 1.82) is 0 Å². The lowest BCUT2D eigenvalue weighted by molar-refractivity contribution is -0.140. The molecule has 0 unspecified atom stereocenters. The first kappa shape index (κ1) is 13.9. The molecule has 0 aliphatic heterocycles. The minimum Gasteiger partial charge on any atom is -0.392 e. The van der Waals surface area contributed by atoms with Gasteiger partial charge in [0.2, 0.25) is 11.8 Å². The number of thiocarbonyl (C=S) groups is 1. The second kappa shape index (κ2) is 5.44. The number of nitrogens with zero attached hydrogens (tertiary/aromatic N) is 1. The Morgan fingerprint density at radius 1 is 1.47 bits per heavy atom. The van der Waals surface area contributed by atoms with Crippen LogP contribution in [0.5, 0.6) is 0 Å². The Bertz CT molecular complexity index is 340. The van der Waals surface area contributed by atoms with Crippen molar-refractivity contribution in [2.45, 2.75) is 25.7 Å². The summed E-state index contributed by atoms with van der Waals surface area (Å²) in [7, 11) is 3.26. The lowest BCUT2D eigenvalue weighted by atomic mass is 9.67. The van der Waals surface area contributed by atoms with Gasteiger partial charge in [0.05, 0.1) is 10.4 Å². The van der Waals surface area contributed by atoms with Gasteiger partial charge in [-0.25, -0.2) is 0 Å². The van der Waals surface area contributed by atoms with Crippen LogP contribution in [0.2, 0.25) is 0 Å². The van der Waals surface area contributed by atoms with Crippen LogP contribution in [0.3, 0.4) is 0 Å². The predicted molar refractivity (Wildman–Crippen MR) is 69.4 cm³/mol. The highest BCUT2D eigenvalue weighted by Gasteiger charge is 2.48. The maximum atomic E-state index is 12.2. The second-order valence-electron chi connectivity index (χ2n) is 4.45. The van der Waals surface area contributed by atoms with Gasteiger partial charge in [-0.05, 0) is 12.8 Å². The zero-order chi connectivity index (χ0) is 13.1. The lowest BCUT2D eigenvalue weighted by Gasteiger charge is -2.41. The predicted octanol–water partition coefficient (Wildman–Crippen LogP) is 0.0373. The van der Waals surface area contributed by atoms with Crippen LogP contribution in [0.15, 0.2) is 0 Å². The second-order valence-corrected chi connectivity index (χ2v) is 4.89. The zero-order valence-electron chi connectivity index (χ0n) is 10.3. The molecule has 6 heteroatoms. The van der Waals surface area contributed by atoms with Gasteiger partial charge in [-0.3, -0.25) is 9.59 Å². The van der Waals surface area contributed by atoms with Gasteiger partial charge in [0.1, 0.15) is 0 Å². The minimum absolute atomic E-state index is 0.0554. The van der Waals surface area contributed by atoms with Crippen LogP contribution >= 0.6 is 12.2 Å². The quantitative estimate of drug-likeness (QED) is 0.682. The zero-order valence-corrected chi connectivity index (χ0v) is 11.1. The molecule has 0 aromatic rings. The third kappa shape index (κ3) is 2.74. The number of nitrogens with two attached hydrogens (primary N) is 1. The molecule has 0 bridgehead atoms. The summed E-state index contributed by atoms with van der Waals surface area (Å²) in [6, 6.07) is 0. The molecular formula is C11H19N3O2S. The molecule has 3 N–H and O–H groups in total. The standard InChI is InChI=1S/C11H19N3O2S/c1-13-8(15)4-7-14(2)10(16)11(9(12)17)5-3-6-11/h3-7H2,1-2H3,(H2,12,17)(H,13,15). The molecule has 0 aromatic heterocycles. The fraction of sp³-hybridized carbons (Fsp3) is 0.727. The van der Waals surface area contributed by atoms with Crippen LogP contribution < -0.4 is 11.1 Å². The number of carbonyl (C=O) groups excluding carboxylic acids is 2. The largest absolute Gasteiger partial charge is 0.392 e. The summed E-state index contributed by atoms with van der Waals surface area (Å²) < 4.78 is 0. The number of nitrogens with one attached hydrogen (secondary N) is 1. The van der Waals surface area contributed by atoms with Crippen molar-refractivity contribution in [1.82, 2.24) is 10.2 Å². The summed E-state index contributed by atoms with van der Waals surface area (Å²) in [5.41, 5.74) is 5.01. The van der Waals surface area contributed by atoms with Crippen LogP contribution in [0.4, 0.5) is 0 Å². The Labute approximate surface area is 107 Å². The van der Waals surface area contributed by atoms with Crippen LogP contribution in [-0.2, 0) is 9.59 Å². The van der Waals surface area contributed by atoms with Crippen LogP contribution in [-0.4, -0.2) is 42.3 Å². The summed E-state index contributed by atoms with van der Waals surface area (Å²) in [5, 5.41) is 2.52. The molecule has 17 heavy (non-hydrogen) atoms. The smallest absolute Gasteiger partial charge is 0.235 e. The highest BCUT2D eigenvalue weighted by molar-refractivity contribution is 7.80. The van der Waals surface area contributed by atoms with E-state index in [0.717, 1.165) is 19.3 Å². The van der Waals surface area contributed by atoms with E-state index in [-0.39, 0.29) is 16.8 Å². The lowest BCUT2D eigenvalue weighted by Crippen LogP contribution is -2.53. The van der Waals surface area contributed by atoms with E-state index in [0.29, 0.717) is 13.0 Å². The van der Waals surface area contributed by atoms with Crippen LogP contribution in [0.1, 0.15) is 25.7 Å². The monoisotopic (exact) mass is 257 g/mol. The van der Waals surface area contributed by atoms with Crippen molar-refractivity contribution in [2.75, 3.05) is 20.6 Å². The average Bonchev–Trinajstić information content (AvgIpc) is 2.22. The van der Waals surface area contributed by atoms with Gasteiger partial charge >= 0.3 is 0 Å². The van der Waals surface area contributed by atoms with E-state index in [2.05, 4.69) is 5.32 Å². The highest BCUT2D eigenvalue weighted by atomic mass is 32.1. The Morgan fingerprint density at radius 3 is 2.41 bits per heavy atom. The third-order valence-electron chi connectivity index (χ3n) is 3.39. The normalized spacial score (nSPS) is 16.8. The molecule has 0 atom stereocenters. The summed E-state index contributed by atoms with van der Waals surface area (Å²) in [5.74, 6) is -0.136. The maximum Gasteiger partial charge on any atom is 0.235 e. The Hall–Kier alpha value is -1.17. The fourth-order valence-corrected chi connectivity index (χ4v) is 2.25. The number of amides is 2. The van der Waals surface area contributed by atoms with E-state index < -0.39 is 5.41 Å². The third-order valence-corrected chi connectivity index (χ3v) is 3.78. The fourth-order valence-electron chi connectivity index (χ4n) is 1.96. The number of rotatable bonds is 5. The van der Waals surface area contributed by atoms with Crippen molar-refractivity contribution >= 4 is 29.0 Å².